The molecule has 4 heteroatoms. The molecule has 2 fully saturated rings. The molecule has 0 radical (unpaired) electrons. The minimum absolute atomic E-state index is 0.133. The van der Waals surface area contributed by atoms with Gasteiger partial charge in [-0.3, -0.25) is 9.63 Å². The second-order valence-electron chi connectivity index (χ2n) is 4.64. The van der Waals surface area contributed by atoms with Crippen LogP contribution in [-0.4, -0.2) is 24.2 Å². The van der Waals surface area contributed by atoms with Crippen molar-refractivity contribution in [1.82, 2.24) is 5.48 Å². The maximum atomic E-state index is 11.8. The predicted octanol–water partition coefficient (Wildman–Crippen LogP) is 1.55. The Morgan fingerprint density at radius 2 is 2.13 bits per heavy atom. The third-order valence-electron chi connectivity index (χ3n) is 3.32. The molecular weight excluding hydrogens is 194 g/mol. The van der Waals surface area contributed by atoms with Crippen LogP contribution in [0.25, 0.3) is 0 Å². The molecule has 1 aliphatic carbocycles. The van der Waals surface area contributed by atoms with Gasteiger partial charge in [-0.25, -0.2) is 5.48 Å². The number of ether oxygens (including phenoxy) is 1. The zero-order valence-corrected chi connectivity index (χ0v) is 9.25. The fraction of sp³-hybridized carbons (Fsp3) is 0.909. The molecule has 1 unspecified atom stereocenters. The van der Waals surface area contributed by atoms with E-state index in [0.717, 1.165) is 25.7 Å². The van der Waals surface area contributed by atoms with E-state index in [1.54, 1.807) is 0 Å². The molecule has 1 aliphatic heterocycles. The molecule has 0 aromatic rings. The van der Waals surface area contributed by atoms with E-state index in [9.17, 15) is 4.79 Å². The van der Waals surface area contributed by atoms with E-state index in [0.29, 0.717) is 6.61 Å². The average molecular weight is 213 g/mol. The Labute approximate surface area is 90.3 Å². The summed E-state index contributed by atoms with van der Waals surface area (Å²) in [6.07, 6.45) is 6.46. The van der Waals surface area contributed by atoms with Crippen molar-refractivity contribution in [2.75, 3.05) is 6.61 Å². The maximum Gasteiger partial charge on any atom is 0.275 e. The normalized spacial score (nSPS) is 32.1. The molecule has 1 N–H and O–H groups in total. The lowest BCUT2D eigenvalue weighted by molar-refractivity contribution is -0.157. The van der Waals surface area contributed by atoms with E-state index in [1.165, 1.54) is 12.8 Å². The third-order valence-corrected chi connectivity index (χ3v) is 3.32. The number of nitrogens with one attached hydrogen (secondary N) is 1. The molecule has 1 atom stereocenters. The molecular formula is C11H19NO3. The number of rotatable bonds is 3. The molecule has 0 bridgehead atoms. The monoisotopic (exact) mass is 213 g/mol. The van der Waals surface area contributed by atoms with Gasteiger partial charge in [-0.15, -0.1) is 0 Å². The van der Waals surface area contributed by atoms with Gasteiger partial charge in [0, 0.05) is 6.61 Å². The Morgan fingerprint density at radius 1 is 1.40 bits per heavy atom. The van der Waals surface area contributed by atoms with E-state index in [1.807, 2.05) is 6.92 Å². The van der Waals surface area contributed by atoms with E-state index in [-0.39, 0.29) is 12.0 Å². The summed E-state index contributed by atoms with van der Waals surface area (Å²) in [6, 6.07) is 0. The van der Waals surface area contributed by atoms with Crippen molar-refractivity contribution in [2.45, 2.75) is 57.2 Å². The first-order chi connectivity index (χ1) is 7.21. The lowest BCUT2D eigenvalue weighted by Gasteiger charge is -2.22. The smallest absolute Gasteiger partial charge is 0.275 e. The number of carbonyl (C=O) groups is 1. The molecule has 1 amide bonds. The SMILES string of the molecule is CC1(C(=O)NOC2CCCC2)CCCO1. The molecule has 1 saturated carbocycles. The number of carbonyl (C=O) groups excluding carboxylic acids is 1. The van der Waals surface area contributed by atoms with Crippen molar-refractivity contribution < 1.29 is 14.4 Å². The molecule has 1 saturated heterocycles. The van der Waals surface area contributed by atoms with Crippen LogP contribution < -0.4 is 5.48 Å². The summed E-state index contributed by atoms with van der Waals surface area (Å²) in [5, 5.41) is 0. The van der Waals surface area contributed by atoms with E-state index < -0.39 is 5.60 Å². The summed E-state index contributed by atoms with van der Waals surface area (Å²) in [6.45, 7) is 2.50. The summed E-state index contributed by atoms with van der Waals surface area (Å²) in [4.78, 5) is 17.1. The molecule has 86 valence electrons. The Bertz CT molecular complexity index is 230. The largest absolute Gasteiger partial charge is 0.365 e. The van der Waals surface area contributed by atoms with Gasteiger partial charge >= 0.3 is 0 Å². The summed E-state index contributed by atoms with van der Waals surface area (Å²) in [5.74, 6) is -0.133. The standard InChI is InChI=1S/C11H19NO3/c1-11(7-4-8-14-11)10(13)12-15-9-5-2-3-6-9/h9H,2-8H2,1H3,(H,12,13). The molecule has 0 aromatic carbocycles. The van der Waals surface area contributed by atoms with Gasteiger partial charge < -0.3 is 4.74 Å². The van der Waals surface area contributed by atoms with Crippen LogP contribution in [-0.2, 0) is 14.4 Å². The first-order valence-electron chi connectivity index (χ1n) is 5.81. The van der Waals surface area contributed by atoms with Gasteiger partial charge in [-0.05, 0) is 32.6 Å². The highest BCUT2D eigenvalue weighted by atomic mass is 16.7. The van der Waals surface area contributed by atoms with Crippen molar-refractivity contribution >= 4 is 5.91 Å². The van der Waals surface area contributed by atoms with E-state index in [4.69, 9.17) is 9.57 Å². The topological polar surface area (TPSA) is 47.6 Å². The van der Waals surface area contributed by atoms with Crippen molar-refractivity contribution in [3.05, 3.63) is 0 Å². The van der Waals surface area contributed by atoms with Crippen molar-refractivity contribution in [3.63, 3.8) is 0 Å². The molecule has 0 spiro atoms. The van der Waals surface area contributed by atoms with Gasteiger partial charge in [0.25, 0.3) is 5.91 Å². The van der Waals surface area contributed by atoms with E-state index in [2.05, 4.69) is 5.48 Å². The van der Waals surface area contributed by atoms with Crippen LogP contribution >= 0.6 is 0 Å². The van der Waals surface area contributed by atoms with Crippen LogP contribution in [0.5, 0.6) is 0 Å². The quantitative estimate of drug-likeness (QED) is 0.723. The molecule has 0 aromatic heterocycles. The van der Waals surface area contributed by atoms with Gasteiger partial charge in [-0.1, -0.05) is 12.8 Å². The van der Waals surface area contributed by atoms with Crippen LogP contribution in [0.2, 0.25) is 0 Å². The van der Waals surface area contributed by atoms with Gasteiger partial charge in [0.05, 0.1) is 6.10 Å². The minimum atomic E-state index is -0.668. The van der Waals surface area contributed by atoms with Crippen LogP contribution in [0.3, 0.4) is 0 Å². The lowest BCUT2D eigenvalue weighted by atomic mass is 10.0. The zero-order chi connectivity index (χ0) is 10.7. The van der Waals surface area contributed by atoms with Crippen LogP contribution in [0.15, 0.2) is 0 Å². The highest BCUT2D eigenvalue weighted by molar-refractivity contribution is 5.84. The number of amides is 1. The Kier molecular flexibility index (Phi) is 3.26. The second-order valence-corrected chi connectivity index (χ2v) is 4.64. The van der Waals surface area contributed by atoms with Crippen LogP contribution in [0.4, 0.5) is 0 Å². The predicted molar refractivity (Wildman–Crippen MR) is 55.1 cm³/mol. The maximum absolute atomic E-state index is 11.8. The highest BCUT2D eigenvalue weighted by Crippen LogP contribution is 2.25. The minimum Gasteiger partial charge on any atom is -0.365 e. The van der Waals surface area contributed by atoms with Crippen LogP contribution in [0, 0.1) is 0 Å². The van der Waals surface area contributed by atoms with Gasteiger partial charge in [0.2, 0.25) is 0 Å². The van der Waals surface area contributed by atoms with Crippen molar-refractivity contribution in [1.29, 1.82) is 0 Å². The van der Waals surface area contributed by atoms with E-state index >= 15 is 0 Å². The van der Waals surface area contributed by atoms with Crippen molar-refractivity contribution in [2.24, 2.45) is 0 Å². The zero-order valence-electron chi connectivity index (χ0n) is 9.25. The first-order valence-corrected chi connectivity index (χ1v) is 5.81. The second kappa shape index (κ2) is 4.49. The van der Waals surface area contributed by atoms with Gasteiger partial charge in [0.1, 0.15) is 5.60 Å². The molecule has 15 heavy (non-hydrogen) atoms. The highest BCUT2D eigenvalue weighted by Gasteiger charge is 2.38. The lowest BCUT2D eigenvalue weighted by Crippen LogP contribution is -2.45. The summed E-state index contributed by atoms with van der Waals surface area (Å²) in [5.41, 5.74) is 1.88. The summed E-state index contributed by atoms with van der Waals surface area (Å²) >= 11 is 0. The average Bonchev–Trinajstić information content (AvgIpc) is 2.85. The third kappa shape index (κ3) is 2.49. The molecule has 1 heterocycles. The van der Waals surface area contributed by atoms with Crippen LogP contribution in [0.1, 0.15) is 45.4 Å². The Morgan fingerprint density at radius 3 is 2.73 bits per heavy atom. The first kappa shape index (κ1) is 10.9. The number of hydroxylamine groups is 1. The molecule has 2 rings (SSSR count). The fourth-order valence-corrected chi connectivity index (χ4v) is 2.21. The van der Waals surface area contributed by atoms with Gasteiger partial charge in [-0.2, -0.15) is 0 Å². The fourth-order valence-electron chi connectivity index (χ4n) is 2.21. The summed E-state index contributed by atoms with van der Waals surface area (Å²) in [7, 11) is 0. The van der Waals surface area contributed by atoms with Gasteiger partial charge in [0.15, 0.2) is 0 Å². The van der Waals surface area contributed by atoms with Crippen molar-refractivity contribution in [3.8, 4) is 0 Å². The number of hydrogen-bond donors (Lipinski definition) is 1. The Balaban J connectivity index is 1.76. The Hall–Kier alpha value is -0.610. The summed E-state index contributed by atoms with van der Waals surface area (Å²) < 4.78 is 5.43. The number of hydrogen-bond acceptors (Lipinski definition) is 3. The molecule has 2 aliphatic rings. The molecule has 4 nitrogen and oxygen atoms in total.